The Morgan fingerprint density at radius 2 is 2.05 bits per heavy atom. The molecule has 1 aromatic carbocycles. The van der Waals surface area contributed by atoms with Gasteiger partial charge in [0.2, 0.25) is 0 Å². The van der Waals surface area contributed by atoms with Crippen LogP contribution in [0.4, 0.5) is 4.79 Å². The molecule has 0 bridgehead atoms. The summed E-state index contributed by atoms with van der Waals surface area (Å²) in [5, 5.41) is 3.14. The van der Waals surface area contributed by atoms with Gasteiger partial charge < -0.3 is 10.2 Å². The highest BCUT2D eigenvalue weighted by molar-refractivity contribution is 5.75. The van der Waals surface area contributed by atoms with Gasteiger partial charge in [-0.05, 0) is 43.0 Å². The molecule has 2 amide bonds. The number of carbonyl (C=O) groups is 1. The maximum atomic E-state index is 12.5. The summed E-state index contributed by atoms with van der Waals surface area (Å²) in [7, 11) is 1.82. The van der Waals surface area contributed by atoms with Crippen LogP contribution in [-0.2, 0) is 6.42 Å². The fraction of sp³-hybridized carbons (Fsp3) is 0.333. The Morgan fingerprint density at radius 1 is 1.27 bits per heavy atom. The van der Waals surface area contributed by atoms with Crippen LogP contribution in [0.1, 0.15) is 42.2 Å². The molecule has 22 heavy (non-hydrogen) atoms. The summed E-state index contributed by atoms with van der Waals surface area (Å²) in [6, 6.07) is 14.1. The van der Waals surface area contributed by atoms with Gasteiger partial charge in [0.15, 0.2) is 0 Å². The molecule has 4 nitrogen and oxygen atoms in total. The highest BCUT2D eigenvalue weighted by atomic mass is 16.2. The largest absolute Gasteiger partial charge is 0.331 e. The molecular formula is C18H21N3O. The number of nitrogens with zero attached hydrogens (tertiary/aromatic N) is 2. The van der Waals surface area contributed by atoms with E-state index in [1.807, 2.05) is 38.2 Å². The summed E-state index contributed by atoms with van der Waals surface area (Å²) in [4.78, 5) is 18.6. The normalized spacial score (nSPS) is 17.6. The van der Waals surface area contributed by atoms with E-state index in [1.165, 1.54) is 11.1 Å². The average molecular weight is 295 g/mol. The summed E-state index contributed by atoms with van der Waals surface area (Å²) in [5.74, 6) is 0. The molecular weight excluding hydrogens is 274 g/mol. The molecule has 0 saturated carbocycles. The molecule has 1 aliphatic carbocycles. The van der Waals surface area contributed by atoms with Crippen LogP contribution in [0.2, 0.25) is 0 Å². The third-order valence-electron chi connectivity index (χ3n) is 4.45. The van der Waals surface area contributed by atoms with Crippen LogP contribution in [0.5, 0.6) is 0 Å². The van der Waals surface area contributed by atoms with E-state index < -0.39 is 0 Å². The second kappa shape index (κ2) is 6.18. The highest BCUT2D eigenvalue weighted by Gasteiger charge is 2.26. The monoisotopic (exact) mass is 295 g/mol. The first kappa shape index (κ1) is 14.6. The van der Waals surface area contributed by atoms with Gasteiger partial charge in [-0.1, -0.05) is 30.3 Å². The molecule has 0 radical (unpaired) electrons. The first-order valence-electron chi connectivity index (χ1n) is 7.69. The Kier molecular flexibility index (Phi) is 4.09. The minimum absolute atomic E-state index is 0.0557. The molecule has 3 rings (SSSR count). The molecule has 2 unspecified atom stereocenters. The number of rotatable bonds is 3. The number of benzene rings is 1. The highest BCUT2D eigenvalue weighted by Crippen LogP contribution is 2.31. The van der Waals surface area contributed by atoms with Gasteiger partial charge >= 0.3 is 6.03 Å². The Labute approximate surface area is 131 Å². The summed E-state index contributed by atoms with van der Waals surface area (Å²) >= 11 is 0. The van der Waals surface area contributed by atoms with Gasteiger partial charge in [-0.2, -0.15) is 0 Å². The van der Waals surface area contributed by atoms with Crippen molar-refractivity contribution in [3.05, 3.63) is 65.5 Å². The van der Waals surface area contributed by atoms with Gasteiger partial charge in [0, 0.05) is 13.2 Å². The molecule has 0 saturated heterocycles. The van der Waals surface area contributed by atoms with E-state index in [4.69, 9.17) is 0 Å². The van der Waals surface area contributed by atoms with Crippen LogP contribution >= 0.6 is 0 Å². The van der Waals surface area contributed by atoms with Crippen molar-refractivity contribution in [2.45, 2.75) is 31.8 Å². The van der Waals surface area contributed by atoms with Crippen molar-refractivity contribution >= 4 is 6.03 Å². The number of hydrogen-bond acceptors (Lipinski definition) is 2. The van der Waals surface area contributed by atoms with E-state index in [-0.39, 0.29) is 18.1 Å². The Morgan fingerprint density at radius 3 is 2.82 bits per heavy atom. The van der Waals surface area contributed by atoms with Gasteiger partial charge in [0.25, 0.3) is 0 Å². The first-order chi connectivity index (χ1) is 10.7. The standard InChI is InChI=1S/C18H21N3O/c1-13(16-9-5-6-12-19-16)21(2)18(22)20-17-11-10-14-7-3-4-8-15(14)17/h3-9,12-13,17H,10-11H2,1-2H3,(H,20,22). The van der Waals surface area contributed by atoms with Crippen molar-refractivity contribution in [2.75, 3.05) is 7.05 Å². The second-order valence-electron chi connectivity index (χ2n) is 5.78. The van der Waals surface area contributed by atoms with Gasteiger partial charge in [-0.3, -0.25) is 4.98 Å². The van der Waals surface area contributed by atoms with Crippen molar-refractivity contribution in [3.8, 4) is 0 Å². The number of amides is 2. The number of pyridine rings is 1. The fourth-order valence-electron chi connectivity index (χ4n) is 2.96. The summed E-state index contributed by atoms with van der Waals surface area (Å²) in [6.45, 7) is 1.99. The number of hydrogen-bond donors (Lipinski definition) is 1. The fourth-order valence-corrected chi connectivity index (χ4v) is 2.96. The minimum atomic E-state index is -0.0575. The van der Waals surface area contributed by atoms with Gasteiger partial charge in [-0.25, -0.2) is 4.79 Å². The van der Waals surface area contributed by atoms with E-state index in [2.05, 4.69) is 28.5 Å². The number of nitrogens with one attached hydrogen (secondary N) is 1. The van der Waals surface area contributed by atoms with E-state index >= 15 is 0 Å². The molecule has 0 fully saturated rings. The summed E-state index contributed by atoms with van der Waals surface area (Å²) in [5.41, 5.74) is 3.48. The van der Waals surface area contributed by atoms with Crippen LogP contribution in [-0.4, -0.2) is 23.0 Å². The van der Waals surface area contributed by atoms with Crippen molar-refractivity contribution in [1.82, 2.24) is 15.2 Å². The van der Waals surface area contributed by atoms with Gasteiger partial charge in [0.05, 0.1) is 17.8 Å². The lowest BCUT2D eigenvalue weighted by atomic mass is 10.1. The summed E-state index contributed by atoms with van der Waals surface area (Å²) in [6.07, 6.45) is 3.75. The zero-order valence-electron chi connectivity index (χ0n) is 13.0. The van der Waals surface area contributed by atoms with Gasteiger partial charge in [0.1, 0.15) is 0 Å². The zero-order chi connectivity index (χ0) is 15.5. The van der Waals surface area contributed by atoms with E-state index in [0.717, 1.165) is 18.5 Å². The molecule has 4 heteroatoms. The predicted octanol–water partition coefficient (Wildman–Crippen LogP) is 3.47. The van der Waals surface area contributed by atoms with E-state index in [1.54, 1.807) is 11.1 Å². The molecule has 0 spiro atoms. The molecule has 0 aliphatic heterocycles. The number of fused-ring (bicyclic) bond motifs is 1. The van der Waals surface area contributed by atoms with E-state index in [0.29, 0.717) is 0 Å². The molecule has 2 atom stereocenters. The lowest BCUT2D eigenvalue weighted by molar-refractivity contribution is 0.189. The molecule has 1 aromatic heterocycles. The Hall–Kier alpha value is -2.36. The van der Waals surface area contributed by atoms with Gasteiger partial charge in [-0.15, -0.1) is 0 Å². The van der Waals surface area contributed by atoms with Crippen molar-refractivity contribution in [3.63, 3.8) is 0 Å². The second-order valence-corrected chi connectivity index (χ2v) is 5.78. The molecule has 2 aromatic rings. The van der Waals surface area contributed by atoms with Crippen molar-refractivity contribution in [1.29, 1.82) is 0 Å². The smallest absolute Gasteiger partial charge is 0.318 e. The third-order valence-corrected chi connectivity index (χ3v) is 4.45. The maximum absolute atomic E-state index is 12.5. The molecule has 1 aliphatic rings. The first-order valence-corrected chi connectivity index (χ1v) is 7.69. The molecule has 1 heterocycles. The van der Waals surface area contributed by atoms with Crippen molar-refractivity contribution < 1.29 is 4.79 Å². The number of urea groups is 1. The quantitative estimate of drug-likeness (QED) is 0.942. The number of aromatic nitrogens is 1. The maximum Gasteiger partial charge on any atom is 0.318 e. The number of carbonyl (C=O) groups excluding carboxylic acids is 1. The third kappa shape index (κ3) is 2.82. The van der Waals surface area contributed by atoms with Crippen LogP contribution in [0.3, 0.4) is 0 Å². The molecule has 1 N–H and O–H groups in total. The van der Waals surface area contributed by atoms with Crippen LogP contribution in [0.25, 0.3) is 0 Å². The van der Waals surface area contributed by atoms with Crippen LogP contribution < -0.4 is 5.32 Å². The topological polar surface area (TPSA) is 45.2 Å². The average Bonchev–Trinajstić information content (AvgIpc) is 2.97. The minimum Gasteiger partial charge on any atom is -0.331 e. The molecule has 114 valence electrons. The number of aryl methyl sites for hydroxylation is 1. The van der Waals surface area contributed by atoms with Crippen LogP contribution in [0.15, 0.2) is 48.7 Å². The lowest BCUT2D eigenvalue weighted by Crippen LogP contribution is -2.40. The SMILES string of the molecule is CC(c1ccccn1)N(C)C(=O)NC1CCc2ccccc21. The van der Waals surface area contributed by atoms with Crippen molar-refractivity contribution in [2.24, 2.45) is 0 Å². The Balaban J connectivity index is 1.68. The Bertz CT molecular complexity index is 656. The zero-order valence-corrected chi connectivity index (χ0v) is 13.0. The van der Waals surface area contributed by atoms with E-state index in [9.17, 15) is 4.79 Å². The lowest BCUT2D eigenvalue weighted by Gasteiger charge is -2.26. The summed E-state index contributed by atoms with van der Waals surface area (Å²) < 4.78 is 0. The predicted molar refractivity (Wildman–Crippen MR) is 86.5 cm³/mol. The van der Waals surface area contributed by atoms with Crippen LogP contribution in [0, 0.1) is 0 Å².